The van der Waals surface area contributed by atoms with Crippen LogP contribution in [0.4, 0.5) is 4.39 Å². The van der Waals surface area contributed by atoms with Crippen molar-refractivity contribution in [1.29, 1.82) is 0 Å². The molecule has 7 nitrogen and oxygen atoms in total. The minimum atomic E-state index is -0.584. The molecule has 2 heterocycles. The minimum Gasteiger partial charge on any atom is -0.484 e. The molecule has 0 radical (unpaired) electrons. The molecule has 4 atom stereocenters. The van der Waals surface area contributed by atoms with Gasteiger partial charge in [0.25, 0.3) is 5.91 Å². The molecule has 5 aliphatic rings. The van der Waals surface area contributed by atoms with Gasteiger partial charge in [-0.3, -0.25) is 9.59 Å². The number of nitrogens with one attached hydrogen (secondary N) is 3. The van der Waals surface area contributed by atoms with Gasteiger partial charge in [-0.25, -0.2) is 4.39 Å². The van der Waals surface area contributed by atoms with E-state index in [0.717, 1.165) is 64.2 Å². The monoisotopic (exact) mass is 479 g/mol. The predicted molar refractivity (Wildman–Crippen MR) is 121 cm³/mol. The van der Waals surface area contributed by atoms with Crippen LogP contribution < -0.4 is 20.7 Å². The zero-order chi connectivity index (χ0) is 23.0. The molecule has 3 saturated carbocycles. The first-order chi connectivity index (χ1) is 15.9. The van der Waals surface area contributed by atoms with Gasteiger partial charge in [0.15, 0.2) is 6.61 Å². The van der Waals surface area contributed by atoms with E-state index in [2.05, 4.69) is 16.0 Å². The van der Waals surface area contributed by atoms with Crippen LogP contribution in [0.5, 0.6) is 5.75 Å². The Morgan fingerprint density at radius 2 is 2.06 bits per heavy atom. The molecule has 1 aromatic rings. The lowest BCUT2D eigenvalue weighted by atomic mass is 9.76. The number of carbonyl (C=O) groups is 2. The highest BCUT2D eigenvalue weighted by Gasteiger charge is 2.57. The normalized spacial score (nSPS) is 35.0. The van der Waals surface area contributed by atoms with Crippen molar-refractivity contribution in [3.05, 3.63) is 29.0 Å². The van der Waals surface area contributed by atoms with Crippen LogP contribution in [0, 0.1) is 17.7 Å². The van der Waals surface area contributed by atoms with Crippen LogP contribution in [0.25, 0.3) is 0 Å². The topological polar surface area (TPSA) is 88.7 Å². The van der Waals surface area contributed by atoms with Crippen molar-refractivity contribution in [1.82, 2.24) is 16.0 Å². The molecule has 3 N–H and O–H groups in total. The number of carbonyl (C=O) groups excluding carboxylic acids is 2. The van der Waals surface area contributed by atoms with E-state index in [4.69, 9.17) is 21.1 Å². The van der Waals surface area contributed by atoms with Crippen LogP contribution in [0.15, 0.2) is 18.2 Å². The van der Waals surface area contributed by atoms with Gasteiger partial charge < -0.3 is 25.4 Å². The molecule has 9 heteroatoms. The Labute approximate surface area is 198 Å². The zero-order valence-electron chi connectivity index (χ0n) is 18.6. The molecule has 0 spiro atoms. The Morgan fingerprint density at radius 1 is 1.21 bits per heavy atom. The van der Waals surface area contributed by atoms with Gasteiger partial charge in [-0.15, -0.1) is 0 Å². The van der Waals surface area contributed by atoms with Gasteiger partial charge in [0.1, 0.15) is 11.6 Å². The third-order valence-corrected chi connectivity index (χ3v) is 8.05. The summed E-state index contributed by atoms with van der Waals surface area (Å²) in [6, 6.07) is 4.02. The first-order valence-corrected chi connectivity index (χ1v) is 12.3. The summed E-state index contributed by atoms with van der Waals surface area (Å²) in [7, 11) is 0. The third kappa shape index (κ3) is 4.98. The van der Waals surface area contributed by atoms with E-state index in [0.29, 0.717) is 17.9 Å². The number of hydrogen-bond acceptors (Lipinski definition) is 5. The maximum absolute atomic E-state index is 13.5. The highest BCUT2D eigenvalue weighted by molar-refractivity contribution is 6.30. The Bertz CT molecular complexity index is 896. The van der Waals surface area contributed by atoms with Gasteiger partial charge >= 0.3 is 0 Å². The molecule has 180 valence electrons. The Balaban J connectivity index is 1.05. The van der Waals surface area contributed by atoms with E-state index in [9.17, 15) is 14.0 Å². The molecule has 2 amide bonds. The Hall–Kier alpha value is -1.90. The first kappa shape index (κ1) is 22.9. The summed E-state index contributed by atoms with van der Waals surface area (Å²) in [5, 5.41) is 9.72. The second kappa shape index (κ2) is 9.39. The van der Waals surface area contributed by atoms with Crippen LogP contribution in [-0.2, 0) is 14.3 Å². The summed E-state index contributed by atoms with van der Waals surface area (Å²) in [6.45, 7) is 1.50. The van der Waals surface area contributed by atoms with Crippen molar-refractivity contribution in [2.24, 2.45) is 11.8 Å². The molecule has 1 aromatic carbocycles. The molecule has 2 aliphatic heterocycles. The van der Waals surface area contributed by atoms with Gasteiger partial charge in [0.05, 0.1) is 17.2 Å². The number of fused-ring (bicyclic) bond motifs is 1. The van der Waals surface area contributed by atoms with Gasteiger partial charge in [0.2, 0.25) is 5.91 Å². The summed E-state index contributed by atoms with van der Waals surface area (Å²) in [6.07, 6.45) is 6.90. The number of halogens is 2. The molecular formula is C24H31ClFN3O4. The number of rotatable bonds is 7. The number of piperidine rings is 1. The summed E-state index contributed by atoms with van der Waals surface area (Å²) in [5.41, 5.74) is -0.279. The second-order valence-corrected chi connectivity index (χ2v) is 10.4. The molecule has 6 rings (SSSR count). The first-order valence-electron chi connectivity index (χ1n) is 11.9. The lowest BCUT2D eigenvalue weighted by Crippen LogP contribution is -2.53. The average molecular weight is 480 g/mol. The Kier molecular flexibility index (Phi) is 6.51. The lowest BCUT2D eigenvalue weighted by Gasteiger charge is -2.39. The van der Waals surface area contributed by atoms with Crippen LogP contribution in [0.1, 0.15) is 44.9 Å². The fourth-order valence-electron chi connectivity index (χ4n) is 6.03. The van der Waals surface area contributed by atoms with E-state index in [1.807, 2.05) is 0 Å². The highest BCUT2D eigenvalue weighted by atomic mass is 35.5. The smallest absolute Gasteiger partial charge is 0.258 e. The Morgan fingerprint density at radius 3 is 2.76 bits per heavy atom. The average Bonchev–Trinajstić information content (AvgIpc) is 3.50. The van der Waals surface area contributed by atoms with Crippen molar-refractivity contribution in [3.63, 3.8) is 0 Å². The summed E-state index contributed by atoms with van der Waals surface area (Å²) in [4.78, 5) is 25.2. The zero-order valence-corrected chi connectivity index (χ0v) is 19.3. The summed E-state index contributed by atoms with van der Waals surface area (Å²) >= 11 is 5.66. The van der Waals surface area contributed by atoms with Crippen molar-refractivity contribution >= 4 is 23.4 Å². The van der Waals surface area contributed by atoms with E-state index < -0.39 is 5.82 Å². The van der Waals surface area contributed by atoms with Crippen molar-refractivity contribution in [2.75, 3.05) is 19.8 Å². The van der Waals surface area contributed by atoms with Crippen molar-refractivity contribution < 1.29 is 23.5 Å². The van der Waals surface area contributed by atoms with E-state index in [1.165, 1.54) is 12.1 Å². The van der Waals surface area contributed by atoms with Crippen LogP contribution in [0.2, 0.25) is 5.02 Å². The van der Waals surface area contributed by atoms with Crippen LogP contribution in [0.3, 0.4) is 0 Å². The van der Waals surface area contributed by atoms with Crippen molar-refractivity contribution in [2.45, 2.75) is 68.7 Å². The molecular weight excluding hydrogens is 449 g/mol. The van der Waals surface area contributed by atoms with Gasteiger partial charge in [-0.2, -0.15) is 0 Å². The summed E-state index contributed by atoms with van der Waals surface area (Å²) in [5.74, 6) is 0.385. The number of benzene rings is 1. The van der Waals surface area contributed by atoms with Gasteiger partial charge in [-0.05, 0) is 68.9 Å². The van der Waals surface area contributed by atoms with Gasteiger partial charge in [0, 0.05) is 30.8 Å². The molecule has 33 heavy (non-hydrogen) atoms. The second-order valence-electron chi connectivity index (χ2n) is 10.0. The lowest BCUT2D eigenvalue weighted by molar-refractivity contribution is -0.126. The predicted octanol–water partition coefficient (Wildman–Crippen LogP) is 2.56. The quantitative estimate of drug-likeness (QED) is 0.559. The van der Waals surface area contributed by atoms with Crippen molar-refractivity contribution in [3.8, 4) is 5.75 Å². The maximum atomic E-state index is 13.5. The molecule has 5 fully saturated rings. The SMILES string of the molecule is O=C(COc1ccc(Cl)c(F)c1)NC12CC(C1)C(NC(=O)C1CCC(C3CCCO3)CN1)C2. The van der Waals surface area contributed by atoms with E-state index in [1.54, 1.807) is 0 Å². The summed E-state index contributed by atoms with van der Waals surface area (Å²) < 4.78 is 24.7. The molecule has 3 aliphatic carbocycles. The fourth-order valence-corrected chi connectivity index (χ4v) is 6.15. The molecule has 4 unspecified atom stereocenters. The maximum Gasteiger partial charge on any atom is 0.258 e. The van der Waals surface area contributed by atoms with E-state index >= 15 is 0 Å². The van der Waals surface area contributed by atoms with E-state index in [-0.39, 0.29) is 46.8 Å². The number of hydrogen-bond donors (Lipinski definition) is 3. The van der Waals surface area contributed by atoms with Crippen LogP contribution >= 0.6 is 11.6 Å². The highest BCUT2D eigenvalue weighted by Crippen LogP contribution is 2.52. The van der Waals surface area contributed by atoms with Crippen LogP contribution in [-0.4, -0.2) is 55.3 Å². The molecule has 2 saturated heterocycles. The number of amides is 2. The minimum absolute atomic E-state index is 0.0105. The largest absolute Gasteiger partial charge is 0.484 e. The number of ether oxygens (including phenoxy) is 2. The third-order valence-electron chi connectivity index (χ3n) is 7.74. The fraction of sp³-hybridized carbons (Fsp3) is 0.667. The molecule has 0 aromatic heterocycles. The molecule has 2 bridgehead atoms. The van der Waals surface area contributed by atoms with Gasteiger partial charge in [-0.1, -0.05) is 11.6 Å². The standard InChI is InChI=1S/C24H31ClFN3O4/c25-17-5-4-16(8-18(17)26)33-13-22(30)29-24-9-15(10-24)20(11-24)28-23(31)19-6-3-14(12-27-19)21-2-1-7-32-21/h4-5,8,14-15,19-21,27H,1-3,6-7,9-13H2,(H,28,31)(H,29,30).